The van der Waals surface area contributed by atoms with Gasteiger partial charge in [0.05, 0.1) is 12.5 Å². The maximum atomic E-state index is 13.6. The highest BCUT2D eigenvalue weighted by Gasteiger charge is 2.41. The predicted molar refractivity (Wildman–Crippen MR) is 126 cm³/mol. The normalized spacial score (nSPS) is 16.4. The van der Waals surface area contributed by atoms with Gasteiger partial charge in [0, 0.05) is 25.2 Å². The number of urea groups is 1. The Kier molecular flexibility index (Phi) is 8.40. The Morgan fingerprint density at radius 3 is 2.40 bits per heavy atom. The number of nitrogens with zero attached hydrogens (tertiary/aromatic N) is 2. The van der Waals surface area contributed by atoms with E-state index in [2.05, 4.69) is 10.6 Å². The fraction of sp³-hybridized carbons (Fsp3) is 0.360. The van der Waals surface area contributed by atoms with Crippen LogP contribution in [0.1, 0.15) is 47.3 Å². The van der Waals surface area contributed by atoms with E-state index in [0.29, 0.717) is 18.5 Å². The summed E-state index contributed by atoms with van der Waals surface area (Å²) < 4.78 is 13.4. The molecule has 2 aromatic carbocycles. The number of carbonyl (C=O) groups is 4. The third-order valence-electron chi connectivity index (χ3n) is 5.70. The molecule has 1 aliphatic rings. The Bertz CT molecular complexity index is 1090. The minimum Gasteiger partial charge on any atom is -0.481 e. The van der Waals surface area contributed by atoms with Crippen LogP contribution in [0, 0.1) is 12.7 Å². The molecule has 1 saturated heterocycles. The fourth-order valence-electron chi connectivity index (χ4n) is 4.10. The van der Waals surface area contributed by atoms with Gasteiger partial charge in [-0.2, -0.15) is 0 Å². The minimum absolute atomic E-state index is 0.169. The number of amides is 4. The van der Waals surface area contributed by atoms with Gasteiger partial charge < -0.3 is 20.6 Å². The average molecular weight is 485 g/mol. The summed E-state index contributed by atoms with van der Waals surface area (Å²) in [4.78, 5) is 53.8. The van der Waals surface area contributed by atoms with Crippen molar-refractivity contribution in [2.75, 3.05) is 19.6 Å². The summed E-state index contributed by atoms with van der Waals surface area (Å²) in [6.07, 6.45) is -1.26. The van der Waals surface area contributed by atoms with Crippen molar-refractivity contribution in [3.05, 3.63) is 71.0 Å². The first-order chi connectivity index (χ1) is 16.7. The number of aryl methyl sites for hydroxylation is 1. The summed E-state index contributed by atoms with van der Waals surface area (Å²) in [7, 11) is 0. The van der Waals surface area contributed by atoms with Crippen molar-refractivity contribution in [3.63, 3.8) is 0 Å². The van der Waals surface area contributed by atoms with E-state index in [1.54, 1.807) is 25.1 Å². The first kappa shape index (κ1) is 25.7. The smallest absolute Gasteiger partial charge is 0.319 e. The molecule has 2 atom stereocenters. The van der Waals surface area contributed by atoms with Gasteiger partial charge in [0.2, 0.25) is 0 Å². The number of hydrogen-bond donors (Lipinski definition) is 3. The van der Waals surface area contributed by atoms with Gasteiger partial charge in [0.25, 0.3) is 11.8 Å². The standard InChI is InChI=1S/C25H29FN4O5/c1-3-27-25(35)30-13-5-12-29(24(34)17-8-10-19(26)11-9-17)23(30)22(33)28-20(15-21(31)32)18-7-4-6-16(2)14-18/h4,6-11,14,20,23H,3,5,12-13,15H2,1-2H3,(H,27,35)(H,28,33)(H,31,32). The second-order valence-electron chi connectivity index (χ2n) is 8.33. The lowest BCUT2D eigenvalue weighted by Gasteiger charge is -2.43. The Hall–Kier alpha value is -3.95. The lowest BCUT2D eigenvalue weighted by Crippen LogP contribution is -2.65. The maximum Gasteiger partial charge on any atom is 0.319 e. The van der Waals surface area contributed by atoms with E-state index in [1.807, 2.05) is 13.0 Å². The van der Waals surface area contributed by atoms with E-state index in [9.17, 15) is 28.7 Å². The van der Waals surface area contributed by atoms with Crippen molar-refractivity contribution in [1.82, 2.24) is 20.4 Å². The number of carboxylic acids is 1. The number of carboxylic acid groups (broad SMARTS) is 1. The number of aliphatic carboxylic acids is 1. The van der Waals surface area contributed by atoms with Crippen LogP contribution in [0.3, 0.4) is 0 Å². The second-order valence-corrected chi connectivity index (χ2v) is 8.33. The second kappa shape index (κ2) is 11.5. The van der Waals surface area contributed by atoms with Gasteiger partial charge in [-0.15, -0.1) is 0 Å². The zero-order valence-corrected chi connectivity index (χ0v) is 19.7. The Balaban J connectivity index is 1.95. The molecule has 3 N–H and O–H groups in total. The number of benzene rings is 2. The summed E-state index contributed by atoms with van der Waals surface area (Å²) in [6, 6.07) is 10.6. The molecular weight excluding hydrogens is 455 g/mol. The molecule has 4 amide bonds. The first-order valence-corrected chi connectivity index (χ1v) is 11.4. The molecule has 2 aromatic rings. The molecule has 0 saturated carbocycles. The molecular formula is C25H29FN4O5. The van der Waals surface area contributed by atoms with Crippen molar-refractivity contribution in [2.45, 2.75) is 38.9 Å². The predicted octanol–water partition coefficient (Wildman–Crippen LogP) is 2.67. The van der Waals surface area contributed by atoms with Crippen molar-refractivity contribution < 1.29 is 28.7 Å². The highest BCUT2D eigenvalue weighted by Crippen LogP contribution is 2.23. The summed E-state index contributed by atoms with van der Waals surface area (Å²) in [5, 5.41) is 14.8. The molecule has 3 rings (SSSR count). The Morgan fingerprint density at radius 1 is 1.09 bits per heavy atom. The van der Waals surface area contributed by atoms with E-state index in [1.165, 1.54) is 21.9 Å². The van der Waals surface area contributed by atoms with Crippen molar-refractivity contribution >= 4 is 23.8 Å². The molecule has 1 fully saturated rings. The van der Waals surface area contributed by atoms with Crippen LogP contribution in [0.5, 0.6) is 0 Å². The molecule has 35 heavy (non-hydrogen) atoms. The quantitative estimate of drug-likeness (QED) is 0.558. The van der Waals surface area contributed by atoms with E-state index < -0.39 is 41.8 Å². The van der Waals surface area contributed by atoms with Crippen LogP contribution in [0.4, 0.5) is 9.18 Å². The van der Waals surface area contributed by atoms with Gasteiger partial charge >= 0.3 is 12.0 Å². The topological polar surface area (TPSA) is 119 Å². The van der Waals surface area contributed by atoms with Gasteiger partial charge in [-0.1, -0.05) is 29.8 Å². The molecule has 1 aliphatic heterocycles. The molecule has 2 unspecified atom stereocenters. The summed E-state index contributed by atoms with van der Waals surface area (Å²) in [5.74, 6) is -2.84. The van der Waals surface area contributed by atoms with Gasteiger partial charge in [-0.3, -0.25) is 19.3 Å². The van der Waals surface area contributed by atoms with Crippen LogP contribution in [-0.4, -0.2) is 64.5 Å². The molecule has 186 valence electrons. The summed E-state index contributed by atoms with van der Waals surface area (Å²) in [5.41, 5.74) is 1.65. The lowest BCUT2D eigenvalue weighted by molar-refractivity contribution is -0.138. The van der Waals surface area contributed by atoms with E-state index in [0.717, 1.165) is 17.7 Å². The van der Waals surface area contributed by atoms with Crippen LogP contribution in [0.15, 0.2) is 48.5 Å². The monoisotopic (exact) mass is 484 g/mol. The number of nitrogens with one attached hydrogen (secondary N) is 2. The van der Waals surface area contributed by atoms with Crippen LogP contribution in [0.25, 0.3) is 0 Å². The van der Waals surface area contributed by atoms with E-state index >= 15 is 0 Å². The zero-order chi connectivity index (χ0) is 25.5. The molecule has 9 nitrogen and oxygen atoms in total. The maximum absolute atomic E-state index is 13.6. The number of hydrogen-bond acceptors (Lipinski definition) is 4. The van der Waals surface area contributed by atoms with Crippen molar-refractivity contribution in [3.8, 4) is 0 Å². The zero-order valence-electron chi connectivity index (χ0n) is 19.7. The fourth-order valence-corrected chi connectivity index (χ4v) is 4.10. The third kappa shape index (κ3) is 6.34. The van der Waals surface area contributed by atoms with Gasteiger partial charge in [-0.05, 0) is 50.1 Å². The molecule has 0 bridgehead atoms. The van der Waals surface area contributed by atoms with E-state index in [-0.39, 0.29) is 25.1 Å². The molecule has 1 heterocycles. The Morgan fingerprint density at radius 2 is 1.77 bits per heavy atom. The largest absolute Gasteiger partial charge is 0.481 e. The SMILES string of the molecule is CCNC(=O)N1CCCN(C(=O)c2ccc(F)cc2)C1C(=O)NC(CC(=O)O)c1cccc(C)c1. The van der Waals surface area contributed by atoms with Crippen LogP contribution >= 0.6 is 0 Å². The molecule has 10 heteroatoms. The molecule has 0 aliphatic carbocycles. The highest BCUT2D eigenvalue weighted by molar-refractivity contribution is 5.98. The third-order valence-corrected chi connectivity index (χ3v) is 5.70. The lowest BCUT2D eigenvalue weighted by atomic mass is 10.0. The van der Waals surface area contributed by atoms with Crippen LogP contribution in [-0.2, 0) is 9.59 Å². The van der Waals surface area contributed by atoms with Crippen molar-refractivity contribution in [1.29, 1.82) is 0 Å². The first-order valence-electron chi connectivity index (χ1n) is 11.4. The number of carbonyl (C=O) groups excluding carboxylic acids is 3. The highest BCUT2D eigenvalue weighted by atomic mass is 19.1. The van der Waals surface area contributed by atoms with Gasteiger partial charge in [0.1, 0.15) is 5.82 Å². The van der Waals surface area contributed by atoms with Gasteiger partial charge in [0.15, 0.2) is 6.17 Å². The van der Waals surface area contributed by atoms with Crippen LogP contribution in [0.2, 0.25) is 0 Å². The summed E-state index contributed by atoms with van der Waals surface area (Å²) in [6.45, 7) is 4.33. The average Bonchev–Trinajstić information content (AvgIpc) is 2.83. The summed E-state index contributed by atoms with van der Waals surface area (Å²) >= 11 is 0. The molecule has 0 aromatic heterocycles. The Labute approximate surface area is 202 Å². The van der Waals surface area contributed by atoms with Crippen molar-refractivity contribution in [2.24, 2.45) is 0 Å². The molecule has 0 radical (unpaired) electrons. The van der Waals surface area contributed by atoms with Gasteiger partial charge in [-0.25, -0.2) is 9.18 Å². The minimum atomic E-state index is -1.31. The van der Waals surface area contributed by atoms with E-state index in [4.69, 9.17) is 0 Å². The molecule has 0 spiro atoms. The number of halogens is 1. The van der Waals surface area contributed by atoms with Crippen LogP contribution < -0.4 is 10.6 Å². The number of rotatable bonds is 7.